The minimum atomic E-state index is -0.179. The van der Waals surface area contributed by atoms with Crippen LogP contribution in [0.15, 0.2) is 0 Å². The van der Waals surface area contributed by atoms with Gasteiger partial charge in [-0.15, -0.1) is 0 Å². The van der Waals surface area contributed by atoms with E-state index in [0.717, 1.165) is 0 Å². The lowest BCUT2D eigenvalue weighted by molar-refractivity contribution is -0.120. The van der Waals surface area contributed by atoms with Crippen LogP contribution in [0.25, 0.3) is 0 Å². The highest BCUT2D eigenvalue weighted by Gasteiger charge is 1.95. The van der Waals surface area contributed by atoms with Gasteiger partial charge in [0.2, 0.25) is 5.91 Å². The summed E-state index contributed by atoms with van der Waals surface area (Å²) in [5.74, 6) is -0.179. The molecule has 5 N–H and O–H groups in total. The highest BCUT2D eigenvalue weighted by Crippen LogP contribution is 1.80. The molecule has 0 aromatic rings. The molecule has 0 aliphatic heterocycles. The maximum Gasteiger partial charge on any atom is 0.233 e. The van der Waals surface area contributed by atoms with Crippen molar-refractivity contribution in [3.63, 3.8) is 0 Å². The fourth-order valence-corrected chi connectivity index (χ4v) is 0.960. The molecule has 7 heteroatoms. The van der Waals surface area contributed by atoms with E-state index in [1.807, 2.05) is 0 Å². The van der Waals surface area contributed by atoms with Gasteiger partial charge in [0.1, 0.15) is 0 Å². The molecule has 0 aromatic carbocycles. The first-order chi connectivity index (χ1) is 8.31. The predicted molar refractivity (Wildman–Crippen MR) is 63.6 cm³/mol. The van der Waals surface area contributed by atoms with Crippen molar-refractivity contribution in [3.8, 4) is 0 Å². The average Bonchev–Trinajstić information content (AvgIpc) is 2.35. The second kappa shape index (κ2) is 13.3. The Morgan fingerprint density at radius 3 is 1.94 bits per heavy atom. The Morgan fingerprint density at radius 1 is 0.882 bits per heavy atom. The van der Waals surface area contributed by atoms with Gasteiger partial charge in [0.05, 0.1) is 46.2 Å². The van der Waals surface area contributed by atoms with Gasteiger partial charge >= 0.3 is 0 Å². The van der Waals surface area contributed by atoms with E-state index in [1.54, 1.807) is 0 Å². The van der Waals surface area contributed by atoms with Gasteiger partial charge in [0.15, 0.2) is 0 Å². The molecule has 0 bridgehead atoms. The first-order valence-electron chi connectivity index (χ1n) is 5.71. The van der Waals surface area contributed by atoms with E-state index in [9.17, 15) is 4.79 Å². The molecular weight excluding hydrogens is 226 g/mol. The van der Waals surface area contributed by atoms with Crippen molar-refractivity contribution in [1.29, 1.82) is 0 Å². The monoisotopic (exact) mass is 249 g/mol. The van der Waals surface area contributed by atoms with E-state index in [-0.39, 0.29) is 12.5 Å². The van der Waals surface area contributed by atoms with Crippen LogP contribution in [0.1, 0.15) is 0 Å². The van der Waals surface area contributed by atoms with Crippen molar-refractivity contribution in [2.75, 3.05) is 59.3 Å². The van der Waals surface area contributed by atoms with Crippen molar-refractivity contribution < 1.29 is 19.0 Å². The van der Waals surface area contributed by atoms with E-state index in [0.29, 0.717) is 52.7 Å². The maximum absolute atomic E-state index is 10.7. The molecule has 0 fully saturated rings. The third kappa shape index (κ3) is 13.2. The van der Waals surface area contributed by atoms with Gasteiger partial charge in [-0.05, 0) is 0 Å². The largest absolute Gasteiger partial charge is 0.378 e. The van der Waals surface area contributed by atoms with Crippen LogP contribution in [0.2, 0.25) is 0 Å². The quantitative estimate of drug-likeness (QED) is 0.348. The summed E-state index contributed by atoms with van der Waals surface area (Å²) >= 11 is 0. The minimum absolute atomic E-state index is 0.00586. The van der Waals surface area contributed by atoms with Gasteiger partial charge in [-0.1, -0.05) is 0 Å². The van der Waals surface area contributed by atoms with Crippen LogP contribution in [-0.4, -0.2) is 65.2 Å². The molecule has 102 valence electrons. The highest BCUT2D eigenvalue weighted by molar-refractivity contribution is 5.77. The maximum atomic E-state index is 10.7. The summed E-state index contributed by atoms with van der Waals surface area (Å²) in [5, 5.41) is 2.60. The third-order valence-corrected chi connectivity index (χ3v) is 1.76. The molecule has 0 atom stereocenters. The second-order valence-electron chi connectivity index (χ2n) is 3.18. The van der Waals surface area contributed by atoms with E-state index in [2.05, 4.69) is 5.32 Å². The van der Waals surface area contributed by atoms with Gasteiger partial charge in [0.25, 0.3) is 0 Å². The lowest BCUT2D eigenvalue weighted by atomic mass is 10.5. The molecule has 0 unspecified atom stereocenters. The van der Waals surface area contributed by atoms with Crippen molar-refractivity contribution in [3.05, 3.63) is 0 Å². The fourth-order valence-electron chi connectivity index (χ4n) is 0.960. The summed E-state index contributed by atoms with van der Waals surface area (Å²) in [6.07, 6.45) is 0. The summed E-state index contributed by atoms with van der Waals surface area (Å²) in [7, 11) is 0. The molecule has 0 aromatic heterocycles. The predicted octanol–water partition coefficient (Wildman–Crippen LogP) is -1.93. The first kappa shape index (κ1) is 16.3. The van der Waals surface area contributed by atoms with E-state index < -0.39 is 0 Å². The first-order valence-corrected chi connectivity index (χ1v) is 5.71. The highest BCUT2D eigenvalue weighted by atomic mass is 16.5. The fraction of sp³-hybridized carbons (Fsp3) is 0.900. The van der Waals surface area contributed by atoms with Crippen molar-refractivity contribution in [1.82, 2.24) is 5.32 Å². The second-order valence-corrected chi connectivity index (χ2v) is 3.18. The number of hydrogen-bond acceptors (Lipinski definition) is 6. The standard InChI is InChI=1S/C10H23N3O4/c11-1-3-15-5-7-17-8-6-16-4-2-13-10(14)9-12/h1-9,11-12H2,(H,13,14). The number of rotatable bonds is 12. The Kier molecular flexibility index (Phi) is 12.8. The number of ether oxygens (including phenoxy) is 3. The SMILES string of the molecule is NCCOCCOCCOCCNC(=O)CN. The molecule has 0 spiro atoms. The topological polar surface area (TPSA) is 109 Å². The van der Waals surface area contributed by atoms with E-state index in [1.165, 1.54) is 0 Å². The Hall–Kier alpha value is -0.730. The van der Waals surface area contributed by atoms with E-state index in [4.69, 9.17) is 25.7 Å². The van der Waals surface area contributed by atoms with Crippen LogP contribution >= 0.6 is 0 Å². The van der Waals surface area contributed by atoms with Gasteiger partial charge in [-0.2, -0.15) is 0 Å². The van der Waals surface area contributed by atoms with Crippen LogP contribution in [0.4, 0.5) is 0 Å². The lowest BCUT2D eigenvalue weighted by Crippen LogP contribution is -2.32. The van der Waals surface area contributed by atoms with Crippen LogP contribution < -0.4 is 16.8 Å². The lowest BCUT2D eigenvalue weighted by Gasteiger charge is -2.06. The van der Waals surface area contributed by atoms with Gasteiger partial charge < -0.3 is 31.0 Å². The molecule has 0 heterocycles. The average molecular weight is 249 g/mol. The number of nitrogens with two attached hydrogens (primary N) is 2. The number of nitrogens with one attached hydrogen (secondary N) is 1. The summed E-state index contributed by atoms with van der Waals surface area (Å²) in [6, 6.07) is 0. The van der Waals surface area contributed by atoms with Crippen molar-refractivity contribution in [2.24, 2.45) is 11.5 Å². The summed E-state index contributed by atoms with van der Waals surface area (Å²) in [5.41, 5.74) is 10.4. The van der Waals surface area contributed by atoms with Crippen molar-refractivity contribution in [2.45, 2.75) is 0 Å². The number of hydrogen-bond donors (Lipinski definition) is 3. The number of carbonyl (C=O) groups excluding carboxylic acids is 1. The summed E-state index contributed by atoms with van der Waals surface area (Å²) in [4.78, 5) is 10.7. The van der Waals surface area contributed by atoms with Gasteiger partial charge in [-0.25, -0.2) is 0 Å². The molecule has 17 heavy (non-hydrogen) atoms. The Morgan fingerprint density at radius 2 is 1.41 bits per heavy atom. The zero-order valence-corrected chi connectivity index (χ0v) is 10.2. The zero-order chi connectivity index (χ0) is 12.8. The Balaban J connectivity index is 2.96. The summed E-state index contributed by atoms with van der Waals surface area (Å²) in [6.45, 7) is 4.10. The molecule has 0 rings (SSSR count). The smallest absolute Gasteiger partial charge is 0.233 e. The molecule has 7 nitrogen and oxygen atoms in total. The molecule has 1 amide bonds. The van der Waals surface area contributed by atoms with Gasteiger partial charge in [-0.3, -0.25) is 4.79 Å². The van der Waals surface area contributed by atoms with Crippen molar-refractivity contribution >= 4 is 5.91 Å². The Labute approximate surface area is 102 Å². The summed E-state index contributed by atoms with van der Waals surface area (Å²) < 4.78 is 15.6. The Bertz CT molecular complexity index is 181. The van der Waals surface area contributed by atoms with Crippen LogP contribution in [0.5, 0.6) is 0 Å². The molecular formula is C10H23N3O4. The third-order valence-electron chi connectivity index (χ3n) is 1.76. The van der Waals surface area contributed by atoms with Crippen LogP contribution in [0, 0.1) is 0 Å². The zero-order valence-electron chi connectivity index (χ0n) is 10.2. The molecule has 0 aliphatic rings. The molecule has 0 radical (unpaired) electrons. The molecule has 0 saturated carbocycles. The normalized spacial score (nSPS) is 10.5. The minimum Gasteiger partial charge on any atom is -0.378 e. The molecule has 0 saturated heterocycles. The van der Waals surface area contributed by atoms with Crippen LogP contribution in [0.3, 0.4) is 0 Å². The van der Waals surface area contributed by atoms with Gasteiger partial charge in [0, 0.05) is 13.1 Å². The molecule has 0 aliphatic carbocycles. The number of amides is 1. The van der Waals surface area contributed by atoms with E-state index >= 15 is 0 Å². The van der Waals surface area contributed by atoms with Crippen LogP contribution in [-0.2, 0) is 19.0 Å². The number of carbonyl (C=O) groups is 1.